The molecule has 0 radical (unpaired) electrons. The Kier molecular flexibility index (Phi) is 5.03. The second-order valence-electron chi connectivity index (χ2n) is 4.93. The Morgan fingerprint density at radius 3 is 3.05 bits per heavy atom. The lowest BCUT2D eigenvalue weighted by Gasteiger charge is -2.07. The molecule has 3 aromatic rings. The Balaban J connectivity index is 1.71. The monoisotopic (exact) mass is 314 g/mol. The van der Waals surface area contributed by atoms with E-state index in [1.807, 2.05) is 12.3 Å². The van der Waals surface area contributed by atoms with Crippen molar-refractivity contribution in [1.29, 1.82) is 0 Å². The molecule has 0 aliphatic carbocycles. The third-order valence-electron chi connectivity index (χ3n) is 3.40. The maximum absolute atomic E-state index is 5.09. The van der Waals surface area contributed by atoms with Gasteiger partial charge in [-0.1, -0.05) is 36.0 Å². The number of para-hydroxylation sites is 1. The number of methoxy groups -OCH3 is 1. The molecule has 6 heteroatoms. The number of hydrogen-bond donors (Lipinski definition) is 0. The van der Waals surface area contributed by atoms with E-state index < -0.39 is 0 Å². The van der Waals surface area contributed by atoms with E-state index in [4.69, 9.17) is 4.74 Å². The van der Waals surface area contributed by atoms with Gasteiger partial charge in [0.1, 0.15) is 6.33 Å². The number of aromatic nitrogens is 4. The maximum Gasteiger partial charge on any atom is 0.191 e. The quantitative estimate of drug-likeness (QED) is 0.495. The average molecular weight is 314 g/mol. The van der Waals surface area contributed by atoms with E-state index in [1.54, 1.807) is 25.2 Å². The SMILES string of the molecule is COCCCn1cnnc1SCc1cccc2cccnc12. The van der Waals surface area contributed by atoms with Crippen LogP contribution < -0.4 is 0 Å². The van der Waals surface area contributed by atoms with Crippen LogP contribution in [-0.2, 0) is 17.0 Å². The number of aryl methyl sites for hydroxylation is 1. The van der Waals surface area contributed by atoms with Crippen molar-refractivity contribution in [3.8, 4) is 0 Å². The topological polar surface area (TPSA) is 52.8 Å². The van der Waals surface area contributed by atoms with Crippen molar-refractivity contribution in [1.82, 2.24) is 19.7 Å². The standard InChI is InChI=1S/C16H18N4OS/c1-21-10-4-9-20-12-18-19-16(20)22-11-14-6-2-5-13-7-3-8-17-15(13)14/h2-3,5-8,12H,4,9-11H2,1H3. The molecule has 3 rings (SSSR count). The van der Waals surface area contributed by atoms with Crippen molar-refractivity contribution < 1.29 is 4.74 Å². The predicted molar refractivity (Wildman–Crippen MR) is 87.8 cm³/mol. The van der Waals surface area contributed by atoms with Gasteiger partial charge < -0.3 is 9.30 Å². The number of hydrogen-bond acceptors (Lipinski definition) is 5. The van der Waals surface area contributed by atoms with Crippen LogP contribution in [0.2, 0.25) is 0 Å². The summed E-state index contributed by atoms with van der Waals surface area (Å²) in [6, 6.07) is 10.3. The molecule has 0 unspecified atom stereocenters. The summed E-state index contributed by atoms with van der Waals surface area (Å²) >= 11 is 1.69. The highest BCUT2D eigenvalue weighted by Gasteiger charge is 2.07. The van der Waals surface area contributed by atoms with Gasteiger partial charge in [-0.05, 0) is 18.1 Å². The third-order valence-corrected chi connectivity index (χ3v) is 4.43. The molecule has 0 aliphatic rings. The first-order chi connectivity index (χ1) is 10.9. The average Bonchev–Trinajstić information content (AvgIpc) is 3.00. The first-order valence-electron chi connectivity index (χ1n) is 7.20. The zero-order chi connectivity index (χ0) is 15.2. The zero-order valence-electron chi connectivity index (χ0n) is 12.5. The van der Waals surface area contributed by atoms with Gasteiger partial charge in [0.15, 0.2) is 5.16 Å². The van der Waals surface area contributed by atoms with E-state index in [1.165, 1.54) is 10.9 Å². The molecule has 0 atom stereocenters. The smallest absolute Gasteiger partial charge is 0.191 e. The number of nitrogens with zero attached hydrogens (tertiary/aromatic N) is 4. The molecule has 2 heterocycles. The highest BCUT2D eigenvalue weighted by atomic mass is 32.2. The number of thioether (sulfide) groups is 1. The minimum atomic E-state index is 0.746. The first kappa shape index (κ1) is 15.0. The fourth-order valence-electron chi connectivity index (χ4n) is 2.31. The van der Waals surface area contributed by atoms with Crippen LogP contribution in [-0.4, -0.2) is 33.5 Å². The number of fused-ring (bicyclic) bond motifs is 1. The lowest BCUT2D eigenvalue weighted by atomic mass is 10.1. The zero-order valence-corrected chi connectivity index (χ0v) is 13.3. The summed E-state index contributed by atoms with van der Waals surface area (Å²) in [4.78, 5) is 4.49. The molecule has 22 heavy (non-hydrogen) atoms. The molecule has 5 nitrogen and oxygen atoms in total. The van der Waals surface area contributed by atoms with Crippen molar-refractivity contribution in [3.05, 3.63) is 48.4 Å². The summed E-state index contributed by atoms with van der Waals surface area (Å²) in [5.41, 5.74) is 2.28. The van der Waals surface area contributed by atoms with Gasteiger partial charge >= 0.3 is 0 Å². The number of benzene rings is 1. The van der Waals surface area contributed by atoms with Crippen molar-refractivity contribution >= 4 is 22.7 Å². The van der Waals surface area contributed by atoms with Crippen molar-refractivity contribution in [2.45, 2.75) is 23.9 Å². The van der Waals surface area contributed by atoms with Crippen LogP contribution in [0.4, 0.5) is 0 Å². The van der Waals surface area contributed by atoms with Gasteiger partial charge in [-0.25, -0.2) is 0 Å². The molecule has 0 bridgehead atoms. The molecule has 2 aromatic heterocycles. The van der Waals surface area contributed by atoms with Gasteiger partial charge in [0, 0.05) is 37.6 Å². The van der Waals surface area contributed by atoms with E-state index in [-0.39, 0.29) is 0 Å². The lowest BCUT2D eigenvalue weighted by molar-refractivity contribution is 0.189. The molecule has 0 amide bonds. The first-order valence-corrected chi connectivity index (χ1v) is 8.19. The Morgan fingerprint density at radius 2 is 2.14 bits per heavy atom. The molecule has 0 fully saturated rings. The number of ether oxygens (including phenoxy) is 1. The van der Waals surface area contributed by atoms with Crippen LogP contribution in [0.3, 0.4) is 0 Å². The minimum Gasteiger partial charge on any atom is -0.385 e. The summed E-state index contributed by atoms with van der Waals surface area (Å²) in [7, 11) is 1.72. The number of rotatable bonds is 7. The molecular formula is C16H18N4OS. The van der Waals surface area contributed by atoms with E-state index >= 15 is 0 Å². The van der Waals surface area contributed by atoms with Crippen LogP contribution in [0.25, 0.3) is 10.9 Å². The summed E-state index contributed by atoms with van der Waals surface area (Å²) in [6.45, 7) is 1.62. The molecular weight excluding hydrogens is 296 g/mol. The van der Waals surface area contributed by atoms with Gasteiger partial charge in [0.2, 0.25) is 0 Å². The highest BCUT2D eigenvalue weighted by molar-refractivity contribution is 7.98. The van der Waals surface area contributed by atoms with E-state index in [0.717, 1.165) is 36.0 Å². The fourth-order valence-corrected chi connectivity index (χ4v) is 3.24. The molecule has 0 saturated carbocycles. The molecule has 0 N–H and O–H groups in total. The molecule has 0 aliphatic heterocycles. The van der Waals surface area contributed by atoms with E-state index in [2.05, 4.69) is 44.0 Å². The van der Waals surface area contributed by atoms with E-state index in [9.17, 15) is 0 Å². The summed E-state index contributed by atoms with van der Waals surface area (Å²) in [5.74, 6) is 0.831. The van der Waals surface area contributed by atoms with Crippen molar-refractivity contribution in [3.63, 3.8) is 0 Å². The molecule has 114 valence electrons. The summed E-state index contributed by atoms with van der Waals surface area (Å²) in [5, 5.41) is 10.3. The molecule has 1 aromatic carbocycles. The summed E-state index contributed by atoms with van der Waals surface area (Å²) in [6.07, 6.45) is 4.57. The predicted octanol–water partition coefficient (Wildman–Crippen LogP) is 3.16. The normalized spacial score (nSPS) is 11.1. The van der Waals surface area contributed by atoms with Gasteiger partial charge in [-0.15, -0.1) is 10.2 Å². The third kappa shape index (κ3) is 3.45. The van der Waals surface area contributed by atoms with Crippen LogP contribution in [0, 0.1) is 0 Å². The molecule has 0 saturated heterocycles. The fraction of sp³-hybridized carbons (Fsp3) is 0.312. The Morgan fingerprint density at radius 1 is 1.23 bits per heavy atom. The van der Waals surface area contributed by atoms with Crippen LogP contribution in [0.1, 0.15) is 12.0 Å². The second-order valence-corrected chi connectivity index (χ2v) is 5.88. The lowest BCUT2D eigenvalue weighted by Crippen LogP contribution is -2.02. The Bertz CT molecular complexity index is 738. The summed E-state index contributed by atoms with van der Waals surface area (Å²) < 4.78 is 7.16. The Hall–Kier alpha value is -1.92. The van der Waals surface area contributed by atoms with Gasteiger partial charge in [0.25, 0.3) is 0 Å². The van der Waals surface area contributed by atoms with Gasteiger partial charge in [0.05, 0.1) is 5.52 Å². The van der Waals surface area contributed by atoms with Gasteiger partial charge in [-0.3, -0.25) is 4.98 Å². The second kappa shape index (κ2) is 7.38. The Labute approximate surface area is 133 Å². The number of pyridine rings is 1. The van der Waals surface area contributed by atoms with E-state index in [0.29, 0.717) is 0 Å². The van der Waals surface area contributed by atoms with Crippen LogP contribution in [0.5, 0.6) is 0 Å². The van der Waals surface area contributed by atoms with Crippen molar-refractivity contribution in [2.24, 2.45) is 0 Å². The van der Waals surface area contributed by atoms with Gasteiger partial charge in [-0.2, -0.15) is 0 Å². The molecule has 0 spiro atoms. The highest BCUT2D eigenvalue weighted by Crippen LogP contribution is 2.25. The van der Waals surface area contributed by atoms with Crippen molar-refractivity contribution in [2.75, 3.05) is 13.7 Å². The van der Waals surface area contributed by atoms with Crippen LogP contribution in [0.15, 0.2) is 48.0 Å². The van der Waals surface area contributed by atoms with Crippen LogP contribution >= 0.6 is 11.8 Å². The largest absolute Gasteiger partial charge is 0.385 e. The maximum atomic E-state index is 5.09. The minimum absolute atomic E-state index is 0.746.